The normalized spacial score (nSPS) is 17.2. The summed E-state index contributed by atoms with van der Waals surface area (Å²) in [4.78, 5) is 4.44. The fraction of sp³-hybridized carbons (Fsp3) is 0.467. The van der Waals surface area contributed by atoms with Gasteiger partial charge in [0.2, 0.25) is 5.89 Å². The van der Waals surface area contributed by atoms with Gasteiger partial charge in [0.15, 0.2) is 5.82 Å². The molecule has 114 valence electrons. The van der Waals surface area contributed by atoms with E-state index in [-0.39, 0.29) is 18.4 Å². The highest BCUT2D eigenvalue weighted by Crippen LogP contribution is 2.27. The van der Waals surface area contributed by atoms with E-state index in [0.717, 1.165) is 26.1 Å². The number of halogens is 1. The number of aromatic nitrogens is 2. The van der Waals surface area contributed by atoms with Gasteiger partial charge in [0.05, 0.1) is 6.04 Å². The standard InChI is InChI=1S/C15H19N3O2.ClH/c16-14(12-6-8-19-9-7-12)15-17-13(18-20-15)10-11-4-2-1-3-5-11;/h1-5,12,14H,6-10,16H2;1H. The van der Waals surface area contributed by atoms with Crippen LogP contribution in [0, 0.1) is 5.92 Å². The first-order valence-corrected chi connectivity index (χ1v) is 7.02. The molecule has 5 nitrogen and oxygen atoms in total. The number of rotatable bonds is 4. The second kappa shape index (κ2) is 7.54. The molecular formula is C15H20ClN3O2. The largest absolute Gasteiger partial charge is 0.381 e. The van der Waals surface area contributed by atoms with E-state index in [1.807, 2.05) is 18.2 Å². The molecular weight excluding hydrogens is 290 g/mol. The van der Waals surface area contributed by atoms with Crippen LogP contribution in [0.4, 0.5) is 0 Å². The van der Waals surface area contributed by atoms with E-state index in [4.69, 9.17) is 15.0 Å². The monoisotopic (exact) mass is 309 g/mol. The Kier molecular flexibility index (Phi) is 5.73. The lowest BCUT2D eigenvalue weighted by Crippen LogP contribution is -2.27. The Bertz CT molecular complexity index is 541. The Labute approximate surface area is 130 Å². The summed E-state index contributed by atoms with van der Waals surface area (Å²) in [6.45, 7) is 1.53. The molecule has 6 heteroatoms. The average molecular weight is 310 g/mol. The summed E-state index contributed by atoms with van der Waals surface area (Å²) in [5.41, 5.74) is 7.39. The van der Waals surface area contributed by atoms with Crippen LogP contribution in [0.1, 0.15) is 36.2 Å². The fourth-order valence-electron chi connectivity index (χ4n) is 2.53. The Morgan fingerprint density at radius 1 is 1.19 bits per heavy atom. The van der Waals surface area contributed by atoms with E-state index in [0.29, 0.717) is 24.1 Å². The SMILES string of the molecule is Cl.NC(c1nc(Cc2ccccc2)no1)C1CCOCC1. The minimum absolute atomic E-state index is 0. The zero-order chi connectivity index (χ0) is 13.8. The van der Waals surface area contributed by atoms with Crippen LogP contribution in [-0.4, -0.2) is 23.4 Å². The topological polar surface area (TPSA) is 74.2 Å². The lowest BCUT2D eigenvalue weighted by Gasteiger charge is -2.25. The van der Waals surface area contributed by atoms with Gasteiger partial charge >= 0.3 is 0 Å². The highest BCUT2D eigenvalue weighted by molar-refractivity contribution is 5.85. The molecule has 1 atom stereocenters. The van der Waals surface area contributed by atoms with Gasteiger partial charge in [0, 0.05) is 19.6 Å². The van der Waals surface area contributed by atoms with Crippen LogP contribution in [-0.2, 0) is 11.2 Å². The minimum atomic E-state index is -0.184. The molecule has 1 aliphatic heterocycles. The summed E-state index contributed by atoms with van der Waals surface area (Å²) < 4.78 is 10.7. The van der Waals surface area contributed by atoms with E-state index in [1.165, 1.54) is 5.56 Å². The molecule has 1 saturated heterocycles. The molecule has 0 aliphatic carbocycles. The maximum atomic E-state index is 6.22. The molecule has 1 unspecified atom stereocenters. The highest BCUT2D eigenvalue weighted by atomic mass is 35.5. The Hall–Kier alpha value is -1.43. The van der Waals surface area contributed by atoms with Crippen LogP contribution in [0.5, 0.6) is 0 Å². The van der Waals surface area contributed by atoms with Gasteiger partial charge in [-0.15, -0.1) is 12.4 Å². The molecule has 3 rings (SSSR count). The van der Waals surface area contributed by atoms with Crippen LogP contribution in [0.25, 0.3) is 0 Å². The molecule has 2 aromatic rings. The smallest absolute Gasteiger partial charge is 0.243 e. The number of ether oxygens (including phenoxy) is 1. The van der Waals surface area contributed by atoms with E-state index in [2.05, 4.69) is 22.3 Å². The van der Waals surface area contributed by atoms with Crippen molar-refractivity contribution < 1.29 is 9.26 Å². The van der Waals surface area contributed by atoms with Crippen LogP contribution in [0.3, 0.4) is 0 Å². The zero-order valence-electron chi connectivity index (χ0n) is 11.8. The summed E-state index contributed by atoms with van der Waals surface area (Å²) in [5, 5.41) is 4.03. The van der Waals surface area contributed by atoms with Crippen LogP contribution in [0.2, 0.25) is 0 Å². The summed E-state index contributed by atoms with van der Waals surface area (Å²) in [5.74, 6) is 1.60. The van der Waals surface area contributed by atoms with E-state index in [1.54, 1.807) is 0 Å². The Morgan fingerprint density at radius 3 is 2.62 bits per heavy atom. The molecule has 1 aromatic heterocycles. The molecule has 1 aliphatic rings. The van der Waals surface area contributed by atoms with E-state index < -0.39 is 0 Å². The van der Waals surface area contributed by atoms with Gasteiger partial charge in [0.25, 0.3) is 0 Å². The third-order valence-electron chi connectivity index (χ3n) is 3.75. The maximum Gasteiger partial charge on any atom is 0.243 e. The molecule has 1 fully saturated rings. The summed E-state index contributed by atoms with van der Waals surface area (Å²) in [6.07, 6.45) is 2.58. The molecule has 21 heavy (non-hydrogen) atoms. The second-order valence-electron chi connectivity index (χ2n) is 5.19. The molecule has 0 spiro atoms. The lowest BCUT2D eigenvalue weighted by atomic mass is 9.92. The summed E-state index contributed by atoms with van der Waals surface area (Å²) >= 11 is 0. The van der Waals surface area contributed by atoms with Crippen molar-refractivity contribution in [3.63, 3.8) is 0 Å². The summed E-state index contributed by atoms with van der Waals surface area (Å²) in [6, 6.07) is 9.92. The van der Waals surface area contributed by atoms with Crippen molar-refractivity contribution in [2.24, 2.45) is 11.7 Å². The first-order valence-electron chi connectivity index (χ1n) is 7.02. The van der Waals surface area contributed by atoms with E-state index in [9.17, 15) is 0 Å². The first kappa shape index (κ1) is 15.9. The molecule has 0 saturated carbocycles. The number of hydrogen-bond donors (Lipinski definition) is 1. The number of benzene rings is 1. The van der Waals surface area contributed by atoms with Crippen LogP contribution < -0.4 is 5.73 Å². The molecule has 0 bridgehead atoms. The first-order chi connectivity index (χ1) is 9.83. The number of nitrogens with two attached hydrogens (primary N) is 1. The van der Waals surface area contributed by atoms with Gasteiger partial charge in [0.1, 0.15) is 0 Å². The van der Waals surface area contributed by atoms with Crippen LogP contribution >= 0.6 is 12.4 Å². The van der Waals surface area contributed by atoms with Gasteiger partial charge < -0.3 is 15.0 Å². The van der Waals surface area contributed by atoms with Gasteiger partial charge in [-0.3, -0.25) is 0 Å². The predicted molar refractivity (Wildman–Crippen MR) is 81.3 cm³/mol. The van der Waals surface area contributed by atoms with E-state index >= 15 is 0 Å². The third kappa shape index (κ3) is 4.03. The molecule has 2 heterocycles. The lowest BCUT2D eigenvalue weighted by molar-refractivity contribution is 0.0546. The summed E-state index contributed by atoms with van der Waals surface area (Å²) in [7, 11) is 0. The Balaban J connectivity index is 0.00000161. The third-order valence-corrected chi connectivity index (χ3v) is 3.75. The van der Waals surface area contributed by atoms with Crippen molar-refractivity contribution in [1.82, 2.24) is 10.1 Å². The highest BCUT2D eigenvalue weighted by Gasteiger charge is 2.26. The zero-order valence-corrected chi connectivity index (χ0v) is 12.6. The second-order valence-corrected chi connectivity index (χ2v) is 5.19. The van der Waals surface area contributed by atoms with Crippen molar-refractivity contribution in [3.8, 4) is 0 Å². The van der Waals surface area contributed by atoms with Crippen molar-refractivity contribution in [3.05, 3.63) is 47.6 Å². The minimum Gasteiger partial charge on any atom is -0.381 e. The van der Waals surface area contributed by atoms with Gasteiger partial charge in [-0.2, -0.15) is 4.98 Å². The molecule has 2 N–H and O–H groups in total. The van der Waals surface area contributed by atoms with Crippen molar-refractivity contribution in [2.75, 3.05) is 13.2 Å². The quantitative estimate of drug-likeness (QED) is 0.939. The van der Waals surface area contributed by atoms with Crippen molar-refractivity contribution >= 4 is 12.4 Å². The van der Waals surface area contributed by atoms with Gasteiger partial charge in [-0.1, -0.05) is 35.5 Å². The van der Waals surface area contributed by atoms with Crippen LogP contribution in [0.15, 0.2) is 34.9 Å². The van der Waals surface area contributed by atoms with Crippen molar-refractivity contribution in [1.29, 1.82) is 0 Å². The van der Waals surface area contributed by atoms with Crippen molar-refractivity contribution in [2.45, 2.75) is 25.3 Å². The van der Waals surface area contributed by atoms with Gasteiger partial charge in [-0.05, 0) is 24.3 Å². The fourth-order valence-corrected chi connectivity index (χ4v) is 2.53. The molecule has 0 amide bonds. The predicted octanol–water partition coefficient (Wildman–Crippen LogP) is 2.51. The number of hydrogen-bond acceptors (Lipinski definition) is 5. The molecule has 0 radical (unpaired) electrons. The number of nitrogens with zero attached hydrogens (tertiary/aromatic N) is 2. The van der Waals surface area contributed by atoms with Gasteiger partial charge in [-0.25, -0.2) is 0 Å². The average Bonchev–Trinajstić information content (AvgIpc) is 2.97. The molecule has 1 aromatic carbocycles. The Morgan fingerprint density at radius 2 is 1.90 bits per heavy atom. The maximum absolute atomic E-state index is 6.22.